The maximum Gasteiger partial charge on any atom is 0.253 e. The molecule has 130 valence electrons. The van der Waals surface area contributed by atoms with E-state index in [9.17, 15) is 9.59 Å². The maximum atomic E-state index is 12.4. The smallest absolute Gasteiger partial charge is 0.253 e. The molecule has 2 fully saturated rings. The first-order valence-electron chi connectivity index (χ1n) is 9.07. The van der Waals surface area contributed by atoms with E-state index in [1.807, 2.05) is 47.9 Å². The van der Waals surface area contributed by atoms with Gasteiger partial charge in [-0.15, -0.1) is 0 Å². The Bertz CT molecular complexity index is 583. The van der Waals surface area contributed by atoms with Crippen LogP contribution in [0.3, 0.4) is 0 Å². The van der Waals surface area contributed by atoms with Crippen LogP contribution in [0, 0.1) is 5.92 Å². The molecule has 0 N–H and O–H groups in total. The van der Waals surface area contributed by atoms with E-state index in [4.69, 9.17) is 0 Å². The number of hydrogen-bond acceptors (Lipinski definition) is 3. The largest absolute Gasteiger partial charge is 0.368 e. The van der Waals surface area contributed by atoms with Gasteiger partial charge in [0.2, 0.25) is 5.91 Å². The average molecular weight is 329 g/mol. The summed E-state index contributed by atoms with van der Waals surface area (Å²) in [4.78, 5) is 30.6. The van der Waals surface area contributed by atoms with Crippen LogP contribution in [-0.4, -0.2) is 60.9 Å². The first-order valence-corrected chi connectivity index (χ1v) is 9.07. The predicted molar refractivity (Wildman–Crippen MR) is 95.2 cm³/mol. The molecule has 1 aromatic rings. The van der Waals surface area contributed by atoms with Gasteiger partial charge in [0.15, 0.2) is 0 Å². The number of carbonyl (C=O) groups is 2. The van der Waals surface area contributed by atoms with Gasteiger partial charge in [-0.25, -0.2) is 0 Å². The number of rotatable bonds is 5. The molecule has 5 heteroatoms. The lowest BCUT2D eigenvalue weighted by Gasteiger charge is -2.36. The minimum absolute atomic E-state index is 0.0893. The van der Waals surface area contributed by atoms with Crippen molar-refractivity contribution in [2.45, 2.75) is 26.7 Å². The molecule has 5 nitrogen and oxygen atoms in total. The Labute approximate surface area is 144 Å². The van der Waals surface area contributed by atoms with Crippen LogP contribution in [0.1, 0.15) is 37.0 Å². The fraction of sp³-hybridized carbons (Fsp3) is 0.579. The van der Waals surface area contributed by atoms with Gasteiger partial charge in [-0.05, 0) is 51.0 Å². The van der Waals surface area contributed by atoms with Crippen molar-refractivity contribution < 1.29 is 9.59 Å². The molecule has 24 heavy (non-hydrogen) atoms. The van der Waals surface area contributed by atoms with E-state index in [-0.39, 0.29) is 5.91 Å². The van der Waals surface area contributed by atoms with E-state index >= 15 is 0 Å². The third-order valence-corrected chi connectivity index (χ3v) is 5.05. The van der Waals surface area contributed by atoms with E-state index in [0.717, 1.165) is 63.4 Å². The Kier molecular flexibility index (Phi) is 5.07. The second-order valence-electron chi connectivity index (χ2n) is 6.61. The summed E-state index contributed by atoms with van der Waals surface area (Å²) in [6, 6.07) is 7.87. The molecule has 1 aromatic carbocycles. The summed E-state index contributed by atoms with van der Waals surface area (Å²) < 4.78 is 0. The standard InChI is InChI=1S/C19H27N3O2/c1-3-20(4-2)18(23)16-7-9-17(10-8-16)21-11-13-22(14-12-21)19(24)15-5-6-15/h7-10,15H,3-6,11-14H2,1-2H3. The van der Waals surface area contributed by atoms with Crippen molar-refractivity contribution in [3.8, 4) is 0 Å². The van der Waals surface area contributed by atoms with Crippen molar-refractivity contribution in [1.82, 2.24) is 9.80 Å². The van der Waals surface area contributed by atoms with Gasteiger partial charge >= 0.3 is 0 Å². The van der Waals surface area contributed by atoms with Gasteiger partial charge in [0.1, 0.15) is 0 Å². The summed E-state index contributed by atoms with van der Waals surface area (Å²) in [7, 11) is 0. The Hall–Kier alpha value is -2.04. The second-order valence-corrected chi connectivity index (χ2v) is 6.61. The molecular weight excluding hydrogens is 302 g/mol. The van der Waals surface area contributed by atoms with Crippen molar-refractivity contribution in [2.24, 2.45) is 5.92 Å². The quantitative estimate of drug-likeness (QED) is 0.832. The topological polar surface area (TPSA) is 43.9 Å². The average Bonchev–Trinajstić information content (AvgIpc) is 3.47. The Morgan fingerprint density at radius 3 is 2.08 bits per heavy atom. The van der Waals surface area contributed by atoms with Crippen molar-refractivity contribution in [1.29, 1.82) is 0 Å². The molecule has 0 spiro atoms. The molecule has 1 aliphatic carbocycles. The number of benzene rings is 1. The number of carbonyl (C=O) groups excluding carboxylic acids is 2. The number of nitrogens with zero attached hydrogens (tertiary/aromatic N) is 3. The van der Waals surface area contributed by atoms with Crippen LogP contribution in [-0.2, 0) is 4.79 Å². The minimum atomic E-state index is 0.0893. The highest BCUT2D eigenvalue weighted by atomic mass is 16.2. The molecule has 2 aliphatic rings. The first kappa shape index (κ1) is 16.8. The summed E-state index contributed by atoms with van der Waals surface area (Å²) in [6.45, 7) is 8.78. The zero-order valence-electron chi connectivity index (χ0n) is 14.7. The van der Waals surface area contributed by atoms with E-state index in [1.54, 1.807) is 0 Å². The normalized spacial score (nSPS) is 17.8. The lowest BCUT2D eigenvalue weighted by molar-refractivity contribution is -0.132. The molecule has 2 amide bonds. The van der Waals surface area contributed by atoms with Gasteiger partial charge in [0.25, 0.3) is 5.91 Å². The van der Waals surface area contributed by atoms with Gasteiger partial charge in [-0.1, -0.05) is 0 Å². The van der Waals surface area contributed by atoms with Crippen LogP contribution in [0.2, 0.25) is 0 Å². The minimum Gasteiger partial charge on any atom is -0.368 e. The van der Waals surface area contributed by atoms with E-state index in [1.165, 1.54) is 0 Å². The Balaban J connectivity index is 1.58. The molecule has 1 saturated carbocycles. The first-order chi connectivity index (χ1) is 11.6. The third-order valence-electron chi connectivity index (χ3n) is 5.05. The van der Waals surface area contributed by atoms with Crippen molar-refractivity contribution in [3.05, 3.63) is 29.8 Å². The monoisotopic (exact) mass is 329 g/mol. The molecule has 1 saturated heterocycles. The lowest BCUT2D eigenvalue weighted by atomic mass is 10.1. The van der Waals surface area contributed by atoms with Crippen molar-refractivity contribution in [3.63, 3.8) is 0 Å². The number of anilines is 1. The predicted octanol–water partition coefficient (Wildman–Crippen LogP) is 2.23. The summed E-state index contributed by atoms with van der Waals surface area (Å²) in [5.74, 6) is 0.739. The molecule has 0 radical (unpaired) electrons. The summed E-state index contributed by atoms with van der Waals surface area (Å²) in [5.41, 5.74) is 1.87. The fourth-order valence-electron chi connectivity index (χ4n) is 3.28. The highest BCUT2D eigenvalue weighted by molar-refractivity contribution is 5.94. The van der Waals surface area contributed by atoms with Crippen LogP contribution in [0.4, 0.5) is 5.69 Å². The van der Waals surface area contributed by atoms with Crippen LogP contribution >= 0.6 is 0 Å². The molecule has 0 unspecified atom stereocenters. The highest BCUT2D eigenvalue weighted by Crippen LogP contribution is 2.31. The molecule has 0 bridgehead atoms. The SMILES string of the molecule is CCN(CC)C(=O)c1ccc(N2CCN(C(=O)C3CC3)CC2)cc1. The number of amides is 2. The van der Waals surface area contributed by atoms with E-state index in [2.05, 4.69) is 4.90 Å². The second kappa shape index (κ2) is 7.24. The van der Waals surface area contributed by atoms with Crippen LogP contribution < -0.4 is 4.90 Å². The van der Waals surface area contributed by atoms with Crippen LogP contribution in [0.5, 0.6) is 0 Å². The molecule has 0 aromatic heterocycles. The third kappa shape index (κ3) is 3.55. The maximum absolute atomic E-state index is 12.4. The van der Waals surface area contributed by atoms with E-state index < -0.39 is 0 Å². The molecular formula is C19H27N3O2. The lowest BCUT2D eigenvalue weighted by Crippen LogP contribution is -2.49. The molecule has 0 atom stereocenters. The molecule has 1 heterocycles. The zero-order chi connectivity index (χ0) is 17.1. The summed E-state index contributed by atoms with van der Waals surface area (Å²) >= 11 is 0. The van der Waals surface area contributed by atoms with Crippen LogP contribution in [0.15, 0.2) is 24.3 Å². The van der Waals surface area contributed by atoms with Gasteiger partial charge in [-0.3, -0.25) is 9.59 Å². The van der Waals surface area contributed by atoms with Gasteiger partial charge in [0, 0.05) is 56.4 Å². The van der Waals surface area contributed by atoms with Crippen molar-refractivity contribution >= 4 is 17.5 Å². The van der Waals surface area contributed by atoms with Gasteiger partial charge in [-0.2, -0.15) is 0 Å². The Morgan fingerprint density at radius 2 is 1.58 bits per heavy atom. The molecule has 1 aliphatic heterocycles. The van der Waals surface area contributed by atoms with E-state index in [0.29, 0.717) is 11.8 Å². The number of hydrogen-bond donors (Lipinski definition) is 0. The summed E-state index contributed by atoms with van der Waals surface area (Å²) in [5, 5.41) is 0. The molecule has 3 rings (SSSR count). The number of piperazine rings is 1. The Morgan fingerprint density at radius 1 is 1.00 bits per heavy atom. The summed E-state index contributed by atoms with van der Waals surface area (Å²) in [6.07, 6.45) is 2.14. The van der Waals surface area contributed by atoms with Gasteiger partial charge in [0.05, 0.1) is 0 Å². The fourth-order valence-corrected chi connectivity index (χ4v) is 3.28. The van der Waals surface area contributed by atoms with Crippen molar-refractivity contribution in [2.75, 3.05) is 44.2 Å². The van der Waals surface area contributed by atoms with Gasteiger partial charge < -0.3 is 14.7 Å². The zero-order valence-corrected chi connectivity index (χ0v) is 14.7. The van der Waals surface area contributed by atoms with Crippen LogP contribution in [0.25, 0.3) is 0 Å². The highest BCUT2D eigenvalue weighted by Gasteiger charge is 2.34.